The molecule has 0 aliphatic heterocycles. The van der Waals surface area contributed by atoms with E-state index in [0.29, 0.717) is 5.56 Å². The lowest BCUT2D eigenvalue weighted by Crippen LogP contribution is -2.57. The summed E-state index contributed by atoms with van der Waals surface area (Å²) >= 11 is 0. The van der Waals surface area contributed by atoms with Crippen LogP contribution in [-0.4, -0.2) is 48.4 Å². The van der Waals surface area contributed by atoms with E-state index >= 15 is 0 Å². The van der Waals surface area contributed by atoms with Gasteiger partial charge in [-0.25, -0.2) is 4.79 Å². The topological polar surface area (TPSA) is 75.7 Å². The highest BCUT2D eigenvalue weighted by Gasteiger charge is 2.36. The second-order valence-electron chi connectivity index (χ2n) is 9.68. The molecule has 0 saturated heterocycles. The van der Waals surface area contributed by atoms with E-state index in [1.165, 1.54) is 12.0 Å². The summed E-state index contributed by atoms with van der Waals surface area (Å²) in [6.45, 7) is 7.02. The minimum absolute atomic E-state index is 0.265. The van der Waals surface area contributed by atoms with Gasteiger partial charge in [0.25, 0.3) is 5.91 Å². The van der Waals surface area contributed by atoms with Gasteiger partial charge in [0.15, 0.2) is 0 Å². The molecule has 3 aromatic rings. The number of carbonyl (C=O) groups is 3. The lowest BCUT2D eigenvalue weighted by atomic mass is 9.98. The molecule has 0 bridgehead atoms. The SMILES string of the molecule is COC(=O)C(C)(C)NC(=O)C(Cc1ccc(-c2ccccc2)cc1)N(C)C(=O)c1cc(C)cc(C)c1. The normalized spacial score (nSPS) is 11.9. The second-order valence-corrected chi connectivity index (χ2v) is 9.68. The molecule has 188 valence electrons. The number of benzene rings is 3. The predicted octanol–water partition coefficient (Wildman–Crippen LogP) is 4.72. The second kappa shape index (κ2) is 11.2. The van der Waals surface area contributed by atoms with Crippen LogP contribution in [-0.2, 0) is 20.7 Å². The fraction of sp³-hybridized carbons (Fsp3) is 0.300. The van der Waals surface area contributed by atoms with Crippen LogP contribution in [0.5, 0.6) is 0 Å². The Labute approximate surface area is 213 Å². The summed E-state index contributed by atoms with van der Waals surface area (Å²) in [5, 5.41) is 2.77. The predicted molar refractivity (Wildman–Crippen MR) is 142 cm³/mol. The number of ether oxygens (including phenoxy) is 1. The first-order chi connectivity index (χ1) is 17.0. The van der Waals surface area contributed by atoms with E-state index in [4.69, 9.17) is 4.74 Å². The van der Waals surface area contributed by atoms with Crippen molar-refractivity contribution < 1.29 is 19.1 Å². The number of amides is 2. The van der Waals surface area contributed by atoms with Crippen LogP contribution in [0.2, 0.25) is 0 Å². The third kappa shape index (κ3) is 6.39. The van der Waals surface area contributed by atoms with Crippen LogP contribution >= 0.6 is 0 Å². The highest BCUT2D eigenvalue weighted by Crippen LogP contribution is 2.21. The number of rotatable bonds is 8. The maximum atomic E-state index is 13.5. The molecular formula is C30H34N2O4. The van der Waals surface area contributed by atoms with Crippen LogP contribution in [0.1, 0.15) is 40.9 Å². The molecule has 0 heterocycles. The van der Waals surface area contributed by atoms with Crippen LogP contribution < -0.4 is 5.32 Å². The first kappa shape index (κ1) is 26.7. The maximum Gasteiger partial charge on any atom is 0.330 e. The Morgan fingerprint density at radius 1 is 0.889 bits per heavy atom. The molecule has 36 heavy (non-hydrogen) atoms. The van der Waals surface area contributed by atoms with Gasteiger partial charge < -0.3 is 15.0 Å². The average Bonchev–Trinajstić information content (AvgIpc) is 2.85. The van der Waals surface area contributed by atoms with Crippen molar-refractivity contribution in [2.75, 3.05) is 14.2 Å². The van der Waals surface area contributed by atoms with Gasteiger partial charge in [-0.1, -0.05) is 71.8 Å². The zero-order valence-electron chi connectivity index (χ0n) is 21.8. The molecule has 0 aliphatic carbocycles. The zero-order chi connectivity index (χ0) is 26.5. The van der Waals surface area contributed by atoms with Gasteiger partial charge >= 0.3 is 5.97 Å². The minimum atomic E-state index is -1.24. The molecule has 0 saturated carbocycles. The number of hydrogen-bond donors (Lipinski definition) is 1. The first-order valence-electron chi connectivity index (χ1n) is 11.9. The highest BCUT2D eigenvalue weighted by molar-refractivity contribution is 5.98. The van der Waals surface area contributed by atoms with Crippen molar-refractivity contribution in [1.82, 2.24) is 10.2 Å². The molecule has 0 spiro atoms. The summed E-state index contributed by atoms with van der Waals surface area (Å²) in [5.41, 5.74) is 4.26. The van der Waals surface area contributed by atoms with Gasteiger partial charge in [0.1, 0.15) is 11.6 Å². The zero-order valence-corrected chi connectivity index (χ0v) is 21.8. The quantitative estimate of drug-likeness (QED) is 0.468. The van der Waals surface area contributed by atoms with Gasteiger partial charge in [-0.05, 0) is 56.5 Å². The molecular weight excluding hydrogens is 452 g/mol. The van der Waals surface area contributed by atoms with Crippen LogP contribution in [0, 0.1) is 13.8 Å². The van der Waals surface area contributed by atoms with Crippen molar-refractivity contribution in [3.05, 3.63) is 95.1 Å². The van der Waals surface area contributed by atoms with Crippen LogP contribution in [0.4, 0.5) is 0 Å². The number of nitrogens with zero attached hydrogens (tertiary/aromatic N) is 1. The summed E-state index contributed by atoms with van der Waals surface area (Å²) in [6.07, 6.45) is 0.283. The summed E-state index contributed by atoms with van der Waals surface area (Å²) in [4.78, 5) is 40.6. The van der Waals surface area contributed by atoms with Crippen molar-refractivity contribution in [2.24, 2.45) is 0 Å². The summed E-state index contributed by atoms with van der Waals surface area (Å²) in [7, 11) is 2.89. The molecule has 0 fully saturated rings. The van der Waals surface area contributed by atoms with E-state index in [-0.39, 0.29) is 12.3 Å². The van der Waals surface area contributed by atoms with Gasteiger partial charge in [0, 0.05) is 19.0 Å². The number of hydrogen-bond acceptors (Lipinski definition) is 4. The average molecular weight is 487 g/mol. The van der Waals surface area contributed by atoms with Crippen LogP contribution in [0.15, 0.2) is 72.8 Å². The van der Waals surface area contributed by atoms with E-state index < -0.39 is 23.5 Å². The lowest BCUT2D eigenvalue weighted by molar-refractivity contribution is -0.149. The molecule has 6 nitrogen and oxygen atoms in total. The molecule has 3 rings (SSSR count). The monoisotopic (exact) mass is 486 g/mol. The molecule has 0 aromatic heterocycles. The van der Waals surface area contributed by atoms with Crippen molar-refractivity contribution in [1.29, 1.82) is 0 Å². The van der Waals surface area contributed by atoms with E-state index in [9.17, 15) is 14.4 Å². The molecule has 1 atom stereocenters. The Hall–Kier alpha value is -3.93. The molecule has 1 unspecified atom stereocenters. The number of aryl methyl sites for hydroxylation is 2. The third-order valence-corrected chi connectivity index (χ3v) is 6.18. The molecule has 1 N–H and O–H groups in total. The van der Waals surface area contributed by atoms with E-state index in [0.717, 1.165) is 27.8 Å². The molecule has 2 amide bonds. The Kier molecular flexibility index (Phi) is 8.30. The summed E-state index contributed by atoms with van der Waals surface area (Å²) < 4.78 is 4.84. The van der Waals surface area contributed by atoms with Gasteiger partial charge in [-0.2, -0.15) is 0 Å². The largest absolute Gasteiger partial charge is 0.467 e. The number of methoxy groups -OCH3 is 1. The van der Waals surface area contributed by atoms with Crippen molar-refractivity contribution in [2.45, 2.75) is 45.7 Å². The van der Waals surface area contributed by atoms with E-state index in [2.05, 4.69) is 5.32 Å². The highest BCUT2D eigenvalue weighted by atomic mass is 16.5. The fourth-order valence-corrected chi connectivity index (χ4v) is 4.23. The molecule has 6 heteroatoms. The molecule has 0 aliphatic rings. The Morgan fingerprint density at radius 3 is 2.00 bits per heavy atom. The number of carbonyl (C=O) groups excluding carboxylic acids is 3. The molecule has 3 aromatic carbocycles. The van der Waals surface area contributed by atoms with Crippen molar-refractivity contribution in [3.63, 3.8) is 0 Å². The number of likely N-dealkylation sites (N-methyl/N-ethyl adjacent to an activating group) is 1. The number of esters is 1. The van der Waals surface area contributed by atoms with Crippen LogP contribution in [0.25, 0.3) is 11.1 Å². The van der Waals surface area contributed by atoms with E-state index in [1.807, 2.05) is 86.6 Å². The Bertz CT molecular complexity index is 1210. The van der Waals surface area contributed by atoms with Crippen molar-refractivity contribution in [3.8, 4) is 11.1 Å². The lowest BCUT2D eigenvalue weighted by Gasteiger charge is -2.31. The van der Waals surface area contributed by atoms with Gasteiger partial charge in [-0.3, -0.25) is 9.59 Å². The maximum absolute atomic E-state index is 13.5. The van der Waals surface area contributed by atoms with Gasteiger partial charge in [0.2, 0.25) is 5.91 Å². The number of nitrogens with one attached hydrogen (secondary N) is 1. The summed E-state index contributed by atoms with van der Waals surface area (Å²) in [5.74, 6) is -1.26. The first-order valence-corrected chi connectivity index (χ1v) is 11.9. The summed E-state index contributed by atoms with van der Waals surface area (Å²) in [6, 6.07) is 22.7. The fourth-order valence-electron chi connectivity index (χ4n) is 4.23. The van der Waals surface area contributed by atoms with Gasteiger partial charge in [-0.15, -0.1) is 0 Å². The van der Waals surface area contributed by atoms with Crippen molar-refractivity contribution >= 4 is 17.8 Å². The minimum Gasteiger partial charge on any atom is -0.467 e. The standard InChI is InChI=1S/C30H34N2O4/c1-20-16-21(2)18-25(17-20)28(34)32(5)26(27(33)31-30(3,4)29(35)36-6)19-22-12-14-24(15-13-22)23-10-8-7-9-11-23/h7-18,26H,19H2,1-6H3,(H,31,33). The third-order valence-electron chi connectivity index (χ3n) is 6.18. The Balaban J connectivity index is 1.91. The van der Waals surface area contributed by atoms with Gasteiger partial charge in [0.05, 0.1) is 7.11 Å². The smallest absolute Gasteiger partial charge is 0.330 e. The van der Waals surface area contributed by atoms with Crippen LogP contribution in [0.3, 0.4) is 0 Å². The van der Waals surface area contributed by atoms with E-state index in [1.54, 1.807) is 20.9 Å². The molecule has 0 radical (unpaired) electrons. The Morgan fingerprint density at radius 2 is 1.44 bits per heavy atom.